The second kappa shape index (κ2) is 2.58. The van der Waals surface area contributed by atoms with Gasteiger partial charge in [-0.1, -0.05) is 0 Å². The predicted molar refractivity (Wildman–Crippen MR) is 48.3 cm³/mol. The van der Waals surface area contributed by atoms with Crippen molar-refractivity contribution in [1.82, 2.24) is 14.9 Å². The molecule has 1 heterocycles. The highest BCUT2D eigenvalue weighted by atomic mass is 16.2. The van der Waals surface area contributed by atoms with Crippen LogP contribution >= 0.6 is 0 Å². The van der Waals surface area contributed by atoms with Crippen molar-refractivity contribution in [1.29, 1.82) is 0 Å². The van der Waals surface area contributed by atoms with Gasteiger partial charge in [0.25, 0.3) is 5.91 Å². The number of rotatable bonds is 2. The van der Waals surface area contributed by atoms with Crippen LogP contribution in [0.2, 0.25) is 0 Å². The van der Waals surface area contributed by atoms with Crippen LogP contribution in [0.15, 0.2) is 12.5 Å². The molecule has 2 rings (SSSR count). The number of carbonyl (C=O) groups excluding carboxylic acids is 1. The number of aryl methyl sites for hydroxylation is 1. The summed E-state index contributed by atoms with van der Waals surface area (Å²) in [6.45, 7) is 2.05. The molecule has 0 radical (unpaired) electrons. The molecule has 0 saturated heterocycles. The van der Waals surface area contributed by atoms with Gasteiger partial charge in [-0.25, -0.2) is 4.98 Å². The molecule has 1 saturated carbocycles. The van der Waals surface area contributed by atoms with E-state index in [9.17, 15) is 4.79 Å². The van der Waals surface area contributed by atoms with Crippen molar-refractivity contribution in [3.8, 4) is 0 Å². The Morgan fingerprint density at radius 1 is 1.69 bits per heavy atom. The number of nitrogens with zero attached hydrogens (tertiary/aromatic N) is 2. The summed E-state index contributed by atoms with van der Waals surface area (Å²) in [5.41, 5.74) is 0.532. The summed E-state index contributed by atoms with van der Waals surface area (Å²) in [5.74, 6) is -0.0689. The molecule has 13 heavy (non-hydrogen) atoms. The predicted octanol–water partition coefficient (Wildman–Crippen LogP) is 0.702. The molecule has 4 heteroatoms. The van der Waals surface area contributed by atoms with Gasteiger partial charge in [-0.3, -0.25) is 4.79 Å². The third kappa shape index (κ3) is 1.71. The fourth-order valence-corrected chi connectivity index (χ4v) is 1.18. The molecule has 1 aliphatic rings. The molecule has 1 fully saturated rings. The van der Waals surface area contributed by atoms with E-state index in [1.807, 2.05) is 14.0 Å². The second-order valence-corrected chi connectivity index (χ2v) is 3.94. The maximum atomic E-state index is 11.5. The van der Waals surface area contributed by atoms with Gasteiger partial charge < -0.3 is 9.88 Å². The molecule has 0 atom stereocenters. The molecular weight excluding hydrogens is 166 g/mol. The summed E-state index contributed by atoms with van der Waals surface area (Å²) < 4.78 is 1.77. The molecule has 4 nitrogen and oxygen atoms in total. The lowest BCUT2D eigenvalue weighted by atomic mass is 10.3. The van der Waals surface area contributed by atoms with Gasteiger partial charge in [-0.2, -0.15) is 0 Å². The summed E-state index contributed by atoms with van der Waals surface area (Å²) in [5, 5.41) is 2.95. The highest BCUT2D eigenvalue weighted by Crippen LogP contribution is 2.34. The maximum absolute atomic E-state index is 11.5. The average Bonchev–Trinajstić information content (AvgIpc) is 2.62. The Morgan fingerprint density at radius 3 is 2.85 bits per heavy atom. The van der Waals surface area contributed by atoms with Crippen molar-refractivity contribution in [2.75, 3.05) is 0 Å². The fourth-order valence-electron chi connectivity index (χ4n) is 1.18. The topological polar surface area (TPSA) is 46.9 Å². The Balaban J connectivity index is 2.05. The minimum Gasteiger partial charge on any atom is -0.345 e. The minimum absolute atomic E-state index is 0.0363. The highest BCUT2D eigenvalue weighted by molar-refractivity contribution is 5.92. The van der Waals surface area contributed by atoms with Gasteiger partial charge in [0.05, 0.1) is 6.33 Å². The van der Waals surface area contributed by atoms with Crippen LogP contribution in [0.4, 0.5) is 0 Å². The number of amides is 1. The third-order valence-electron chi connectivity index (χ3n) is 2.35. The van der Waals surface area contributed by atoms with Crippen LogP contribution in [0.25, 0.3) is 0 Å². The maximum Gasteiger partial charge on any atom is 0.271 e. The molecule has 1 amide bonds. The summed E-state index contributed by atoms with van der Waals surface area (Å²) >= 11 is 0. The van der Waals surface area contributed by atoms with Gasteiger partial charge in [0.1, 0.15) is 5.69 Å². The first-order chi connectivity index (χ1) is 6.09. The van der Waals surface area contributed by atoms with Crippen LogP contribution < -0.4 is 5.32 Å². The Hall–Kier alpha value is -1.32. The molecule has 0 bridgehead atoms. The largest absolute Gasteiger partial charge is 0.345 e. The van der Waals surface area contributed by atoms with Gasteiger partial charge in [0, 0.05) is 18.8 Å². The molecule has 1 aromatic rings. The van der Waals surface area contributed by atoms with E-state index in [0.717, 1.165) is 12.8 Å². The van der Waals surface area contributed by atoms with Crippen molar-refractivity contribution >= 4 is 5.91 Å². The van der Waals surface area contributed by atoms with Gasteiger partial charge in [0.2, 0.25) is 0 Å². The zero-order valence-corrected chi connectivity index (χ0v) is 7.87. The Morgan fingerprint density at radius 2 is 2.38 bits per heavy atom. The smallest absolute Gasteiger partial charge is 0.271 e. The average molecular weight is 179 g/mol. The number of imidazole rings is 1. The highest BCUT2D eigenvalue weighted by Gasteiger charge is 2.39. The fraction of sp³-hybridized carbons (Fsp3) is 0.556. The van der Waals surface area contributed by atoms with E-state index in [4.69, 9.17) is 0 Å². The zero-order valence-electron chi connectivity index (χ0n) is 7.87. The van der Waals surface area contributed by atoms with Crippen LogP contribution in [-0.4, -0.2) is 21.0 Å². The first-order valence-corrected chi connectivity index (χ1v) is 4.40. The summed E-state index contributed by atoms with van der Waals surface area (Å²) in [6, 6.07) is 0. The lowest BCUT2D eigenvalue weighted by Gasteiger charge is -2.08. The Kier molecular flexibility index (Phi) is 1.65. The van der Waals surface area contributed by atoms with Gasteiger partial charge in [0.15, 0.2) is 0 Å². The van der Waals surface area contributed by atoms with Crippen LogP contribution in [0, 0.1) is 0 Å². The van der Waals surface area contributed by atoms with Crippen molar-refractivity contribution in [2.24, 2.45) is 7.05 Å². The zero-order chi connectivity index (χ0) is 9.47. The molecule has 0 spiro atoms. The molecule has 1 N–H and O–H groups in total. The summed E-state index contributed by atoms with van der Waals surface area (Å²) in [6.07, 6.45) is 5.50. The van der Waals surface area contributed by atoms with E-state index < -0.39 is 0 Å². The van der Waals surface area contributed by atoms with Crippen molar-refractivity contribution in [2.45, 2.75) is 25.3 Å². The third-order valence-corrected chi connectivity index (χ3v) is 2.35. The number of carbonyl (C=O) groups is 1. The lowest BCUT2D eigenvalue weighted by Crippen LogP contribution is -2.34. The van der Waals surface area contributed by atoms with E-state index in [0.29, 0.717) is 5.69 Å². The van der Waals surface area contributed by atoms with Gasteiger partial charge >= 0.3 is 0 Å². The summed E-state index contributed by atoms with van der Waals surface area (Å²) in [7, 11) is 1.85. The first kappa shape index (κ1) is 8.29. The second-order valence-electron chi connectivity index (χ2n) is 3.94. The van der Waals surface area contributed by atoms with Gasteiger partial charge in [-0.05, 0) is 19.8 Å². The number of nitrogens with one attached hydrogen (secondary N) is 1. The van der Waals surface area contributed by atoms with Crippen molar-refractivity contribution in [3.05, 3.63) is 18.2 Å². The van der Waals surface area contributed by atoms with Crippen LogP contribution in [0.5, 0.6) is 0 Å². The van der Waals surface area contributed by atoms with E-state index >= 15 is 0 Å². The van der Waals surface area contributed by atoms with Crippen LogP contribution in [0.3, 0.4) is 0 Å². The normalized spacial score (nSPS) is 18.3. The van der Waals surface area contributed by atoms with Crippen LogP contribution in [0.1, 0.15) is 30.3 Å². The molecule has 0 aliphatic heterocycles. The van der Waals surface area contributed by atoms with Gasteiger partial charge in [-0.15, -0.1) is 0 Å². The van der Waals surface area contributed by atoms with E-state index in [-0.39, 0.29) is 11.4 Å². The number of hydrogen-bond acceptors (Lipinski definition) is 2. The summed E-state index contributed by atoms with van der Waals surface area (Å²) in [4.78, 5) is 15.5. The monoisotopic (exact) mass is 179 g/mol. The molecule has 1 aliphatic carbocycles. The number of aromatic nitrogens is 2. The van der Waals surface area contributed by atoms with Crippen molar-refractivity contribution < 1.29 is 4.79 Å². The quantitative estimate of drug-likeness (QED) is 0.726. The number of hydrogen-bond donors (Lipinski definition) is 1. The molecular formula is C9H13N3O. The Bertz CT molecular complexity index is 338. The van der Waals surface area contributed by atoms with E-state index in [1.54, 1.807) is 17.1 Å². The Labute approximate surface area is 77.0 Å². The molecule has 0 unspecified atom stereocenters. The molecule has 0 aromatic carbocycles. The van der Waals surface area contributed by atoms with E-state index in [2.05, 4.69) is 10.3 Å². The first-order valence-electron chi connectivity index (χ1n) is 4.40. The van der Waals surface area contributed by atoms with Crippen molar-refractivity contribution in [3.63, 3.8) is 0 Å². The lowest BCUT2D eigenvalue weighted by molar-refractivity contribution is 0.0931. The SMILES string of the molecule is Cn1cnc(C(=O)NC2(C)CC2)c1. The van der Waals surface area contributed by atoms with Crippen LogP contribution in [-0.2, 0) is 7.05 Å². The van der Waals surface area contributed by atoms with E-state index in [1.165, 1.54) is 0 Å². The molecule has 1 aromatic heterocycles. The molecule has 70 valence electrons. The minimum atomic E-state index is -0.0689. The standard InChI is InChI=1S/C9H13N3O/c1-9(3-4-9)11-8(13)7-5-12(2)6-10-7/h5-6H,3-4H2,1-2H3,(H,11,13).